The lowest BCUT2D eigenvalue weighted by Crippen LogP contribution is -2.49. The minimum atomic E-state index is -0.405. The molecule has 2 atom stereocenters. The van der Waals surface area contributed by atoms with Crippen LogP contribution in [0.5, 0.6) is 17.2 Å². The van der Waals surface area contributed by atoms with Gasteiger partial charge in [0.1, 0.15) is 5.75 Å². The molecule has 0 radical (unpaired) electrons. The highest BCUT2D eigenvalue weighted by Gasteiger charge is 2.37. The molecule has 0 spiro atoms. The summed E-state index contributed by atoms with van der Waals surface area (Å²) in [6, 6.07) is 12.8. The number of ether oxygens (including phenoxy) is 4. The Labute approximate surface area is 239 Å². The third kappa shape index (κ3) is 7.89. The van der Waals surface area contributed by atoms with E-state index in [1.807, 2.05) is 48.7 Å². The van der Waals surface area contributed by atoms with Crippen LogP contribution in [-0.4, -0.2) is 98.7 Å². The average Bonchev–Trinajstić information content (AvgIpc) is 3.35. The van der Waals surface area contributed by atoms with Crippen LogP contribution in [0.1, 0.15) is 17.5 Å². The third-order valence-corrected chi connectivity index (χ3v) is 7.47. The van der Waals surface area contributed by atoms with Gasteiger partial charge in [0.2, 0.25) is 17.7 Å². The standard InChI is InChI=1S/C29H37N3O7S/c1-36-12-11-31-17-27(33)30-23-15-32(29(35)19-40-3)16-26(23)38-18-21-5-4-6-22(13-21)39-25-14-20(8-10-28(31)34)7-9-24(25)37-2/h4-7,9,13-14,23,26H,8,10-12,15-19H2,1-3H3,(H,30,33)/t23-,26-/m0/s1. The third-order valence-electron chi connectivity index (χ3n) is 6.93. The van der Waals surface area contributed by atoms with Gasteiger partial charge in [-0.3, -0.25) is 14.4 Å². The van der Waals surface area contributed by atoms with Crippen LogP contribution in [0.4, 0.5) is 0 Å². The van der Waals surface area contributed by atoms with Crippen molar-refractivity contribution in [3.63, 3.8) is 0 Å². The molecule has 1 saturated heterocycles. The number of hydrogen-bond donors (Lipinski definition) is 1. The first kappa shape index (κ1) is 29.7. The van der Waals surface area contributed by atoms with Crippen LogP contribution in [0.25, 0.3) is 0 Å². The van der Waals surface area contributed by atoms with Crippen LogP contribution in [0.2, 0.25) is 0 Å². The molecule has 0 unspecified atom stereocenters. The number of nitrogens with one attached hydrogen (secondary N) is 1. The number of benzene rings is 2. The van der Waals surface area contributed by atoms with E-state index in [1.165, 1.54) is 16.7 Å². The lowest BCUT2D eigenvalue weighted by atomic mass is 10.1. The van der Waals surface area contributed by atoms with Gasteiger partial charge in [-0.05, 0) is 48.1 Å². The summed E-state index contributed by atoms with van der Waals surface area (Å²) >= 11 is 1.46. The van der Waals surface area contributed by atoms with Gasteiger partial charge in [0.25, 0.3) is 0 Å². The molecule has 0 aromatic heterocycles. The fourth-order valence-electron chi connectivity index (χ4n) is 4.81. The van der Waals surface area contributed by atoms with Crippen LogP contribution < -0.4 is 14.8 Å². The second-order valence-corrected chi connectivity index (χ2v) is 10.7. The summed E-state index contributed by atoms with van der Waals surface area (Å²) in [6.07, 6.45) is 2.16. The SMILES string of the molecule is COCCN1CC(=O)N[C@H]2CN(C(=O)CSC)C[C@@H]2OCc2cccc(c2)Oc2cc(ccc2OC)CCC1=O. The van der Waals surface area contributed by atoms with Crippen molar-refractivity contribution in [2.45, 2.75) is 31.6 Å². The number of thioether (sulfide) groups is 1. The second-order valence-electron chi connectivity index (χ2n) is 9.80. The maximum Gasteiger partial charge on any atom is 0.239 e. The molecule has 40 heavy (non-hydrogen) atoms. The summed E-state index contributed by atoms with van der Waals surface area (Å²) in [4.78, 5) is 42.2. The van der Waals surface area contributed by atoms with Crippen LogP contribution in [0, 0.1) is 0 Å². The van der Waals surface area contributed by atoms with Gasteiger partial charge in [-0.15, -0.1) is 0 Å². The molecule has 3 amide bonds. The predicted octanol–water partition coefficient (Wildman–Crippen LogP) is 2.48. The average molecular weight is 572 g/mol. The summed E-state index contributed by atoms with van der Waals surface area (Å²) in [5, 5.41) is 3.02. The molecule has 4 rings (SSSR count). The first-order valence-corrected chi connectivity index (χ1v) is 14.7. The number of amides is 3. The van der Waals surface area contributed by atoms with Gasteiger partial charge < -0.3 is 34.1 Å². The van der Waals surface area contributed by atoms with Gasteiger partial charge in [-0.2, -0.15) is 11.8 Å². The van der Waals surface area contributed by atoms with E-state index in [0.29, 0.717) is 49.1 Å². The first-order chi connectivity index (χ1) is 19.4. The number of rotatable bonds is 6. The zero-order chi connectivity index (χ0) is 28.5. The van der Waals surface area contributed by atoms with Crippen molar-refractivity contribution in [1.29, 1.82) is 0 Å². The van der Waals surface area contributed by atoms with Crippen molar-refractivity contribution in [2.24, 2.45) is 0 Å². The molecule has 4 bridgehead atoms. The van der Waals surface area contributed by atoms with Crippen molar-refractivity contribution in [2.75, 3.05) is 59.0 Å². The molecule has 11 heteroatoms. The topological polar surface area (TPSA) is 107 Å². The fourth-order valence-corrected chi connectivity index (χ4v) is 5.24. The Balaban J connectivity index is 1.62. The van der Waals surface area contributed by atoms with E-state index in [9.17, 15) is 14.4 Å². The number of carbonyl (C=O) groups excluding carboxylic acids is 3. The Morgan fingerprint density at radius 1 is 1.10 bits per heavy atom. The smallest absolute Gasteiger partial charge is 0.239 e. The number of likely N-dealkylation sites (tertiary alicyclic amines) is 1. The summed E-state index contributed by atoms with van der Waals surface area (Å²) in [6.45, 7) is 1.48. The number of fused-ring (bicyclic) bond motifs is 5. The molecule has 216 valence electrons. The molecule has 2 aliphatic rings. The number of aryl methyl sites for hydroxylation is 1. The fraction of sp³-hybridized carbons (Fsp3) is 0.483. The molecule has 1 N–H and O–H groups in total. The minimum absolute atomic E-state index is 0.000707. The molecule has 1 fully saturated rings. The quantitative estimate of drug-likeness (QED) is 0.564. The van der Waals surface area contributed by atoms with Crippen LogP contribution in [0.3, 0.4) is 0 Å². The normalized spacial score (nSPS) is 20.2. The number of methoxy groups -OCH3 is 2. The Hall–Kier alpha value is -3.28. The second kappa shape index (κ2) is 14.4. The molecule has 10 nitrogen and oxygen atoms in total. The molecule has 2 aromatic rings. The summed E-state index contributed by atoms with van der Waals surface area (Å²) < 4.78 is 23.2. The van der Waals surface area contributed by atoms with Crippen molar-refractivity contribution >= 4 is 29.5 Å². The Morgan fingerprint density at radius 2 is 1.95 bits per heavy atom. The highest BCUT2D eigenvalue weighted by Crippen LogP contribution is 2.33. The van der Waals surface area contributed by atoms with E-state index in [-0.39, 0.29) is 43.8 Å². The van der Waals surface area contributed by atoms with Crippen molar-refractivity contribution < 1.29 is 33.3 Å². The highest BCUT2D eigenvalue weighted by molar-refractivity contribution is 7.99. The number of hydrogen-bond acceptors (Lipinski definition) is 8. The Bertz CT molecular complexity index is 1190. The Morgan fingerprint density at radius 3 is 2.73 bits per heavy atom. The van der Waals surface area contributed by atoms with E-state index in [4.69, 9.17) is 18.9 Å². The zero-order valence-electron chi connectivity index (χ0n) is 23.2. The summed E-state index contributed by atoms with van der Waals surface area (Å²) in [7, 11) is 3.14. The van der Waals surface area contributed by atoms with Crippen LogP contribution >= 0.6 is 11.8 Å². The van der Waals surface area contributed by atoms with Crippen molar-refractivity contribution in [3.8, 4) is 17.2 Å². The predicted molar refractivity (Wildman–Crippen MR) is 152 cm³/mol. The van der Waals surface area contributed by atoms with E-state index in [0.717, 1.165) is 11.1 Å². The van der Waals surface area contributed by atoms with Gasteiger partial charge in [-0.1, -0.05) is 18.2 Å². The van der Waals surface area contributed by atoms with Crippen molar-refractivity contribution in [3.05, 3.63) is 53.6 Å². The summed E-state index contributed by atoms with van der Waals surface area (Å²) in [5.41, 5.74) is 1.80. The van der Waals surface area contributed by atoms with Gasteiger partial charge in [-0.25, -0.2) is 0 Å². The minimum Gasteiger partial charge on any atom is -0.493 e. The van der Waals surface area contributed by atoms with E-state index >= 15 is 0 Å². The number of carbonyl (C=O) groups is 3. The van der Waals surface area contributed by atoms with Crippen LogP contribution in [-0.2, 0) is 36.9 Å². The lowest BCUT2D eigenvalue weighted by molar-refractivity contribution is -0.137. The maximum atomic E-state index is 13.2. The molecule has 2 heterocycles. The van der Waals surface area contributed by atoms with Gasteiger partial charge in [0.15, 0.2) is 11.5 Å². The van der Waals surface area contributed by atoms with Crippen molar-refractivity contribution in [1.82, 2.24) is 15.1 Å². The monoisotopic (exact) mass is 571 g/mol. The maximum absolute atomic E-state index is 13.2. The molecular formula is C29H37N3O7S. The van der Waals surface area contributed by atoms with Gasteiger partial charge in [0.05, 0.1) is 44.8 Å². The molecule has 2 aromatic carbocycles. The first-order valence-electron chi connectivity index (χ1n) is 13.3. The van der Waals surface area contributed by atoms with Gasteiger partial charge in [0, 0.05) is 33.2 Å². The van der Waals surface area contributed by atoms with Gasteiger partial charge >= 0.3 is 0 Å². The molecular weight excluding hydrogens is 534 g/mol. The van der Waals surface area contributed by atoms with Crippen LogP contribution in [0.15, 0.2) is 42.5 Å². The van der Waals surface area contributed by atoms with E-state index in [2.05, 4.69) is 5.32 Å². The Kier molecular flexibility index (Phi) is 10.7. The van der Waals surface area contributed by atoms with E-state index < -0.39 is 12.1 Å². The molecule has 0 aliphatic carbocycles. The summed E-state index contributed by atoms with van der Waals surface area (Å²) in [5.74, 6) is 1.64. The largest absolute Gasteiger partial charge is 0.493 e. The lowest BCUT2D eigenvalue weighted by Gasteiger charge is -2.25. The van der Waals surface area contributed by atoms with E-state index in [1.54, 1.807) is 19.1 Å². The highest BCUT2D eigenvalue weighted by atomic mass is 32.2. The molecule has 0 saturated carbocycles. The number of nitrogens with zero attached hydrogens (tertiary/aromatic N) is 2. The zero-order valence-corrected chi connectivity index (χ0v) is 24.0. The molecule has 2 aliphatic heterocycles.